The molecule has 6 rings (SSSR count). The Kier molecular flexibility index (Phi) is 5.28. The van der Waals surface area contributed by atoms with Crippen molar-refractivity contribution in [3.63, 3.8) is 0 Å². The lowest BCUT2D eigenvalue weighted by molar-refractivity contribution is 1.30. The van der Waals surface area contributed by atoms with E-state index >= 15 is 0 Å². The van der Waals surface area contributed by atoms with Gasteiger partial charge < -0.3 is 0 Å². The van der Waals surface area contributed by atoms with Crippen LogP contribution in [0.4, 0.5) is 0 Å². The summed E-state index contributed by atoms with van der Waals surface area (Å²) in [4.78, 5) is 4.15. The zero-order valence-corrected chi connectivity index (χ0v) is 21.0. The summed E-state index contributed by atoms with van der Waals surface area (Å²) in [6, 6.07) is 44.9. The van der Waals surface area contributed by atoms with E-state index in [1.54, 1.807) is 0 Å². The van der Waals surface area contributed by atoms with Crippen LogP contribution in [0.1, 0.15) is 5.56 Å². The normalized spacial score (nSPS) is 12.3. The Balaban J connectivity index is 1.50. The van der Waals surface area contributed by atoms with Crippen LogP contribution in [0.25, 0.3) is 31.3 Å². The molecule has 0 spiro atoms. The van der Waals surface area contributed by atoms with Crippen molar-refractivity contribution < 1.29 is 0 Å². The Morgan fingerprint density at radius 2 is 1.15 bits per heavy atom. The van der Waals surface area contributed by atoms with E-state index in [0.29, 0.717) is 0 Å². The molecule has 0 aliphatic rings. The summed E-state index contributed by atoms with van der Waals surface area (Å²) in [7, 11) is -1.37. The molecule has 0 amide bonds. The van der Waals surface area contributed by atoms with Crippen molar-refractivity contribution in [1.82, 2.24) is 0 Å². The van der Waals surface area contributed by atoms with E-state index in [4.69, 9.17) is 0 Å². The molecule has 1 aromatic heterocycles. The van der Waals surface area contributed by atoms with Crippen molar-refractivity contribution in [3.05, 3.63) is 127 Å². The fourth-order valence-electron chi connectivity index (χ4n) is 4.79. The molecule has 0 N–H and O–H groups in total. The van der Waals surface area contributed by atoms with Gasteiger partial charge in [0, 0.05) is 20.2 Å². The third-order valence-electron chi connectivity index (χ3n) is 6.69. The minimum Gasteiger partial charge on any atom is -0.163 e. The predicted octanol–water partition coefficient (Wildman–Crippen LogP) is 9.94. The van der Waals surface area contributed by atoms with Crippen molar-refractivity contribution >= 4 is 41.5 Å². The molecule has 5 aromatic carbocycles. The first kappa shape index (κ1) is 21.2. The number of thiophene rings is 1. The van der Waals surface area contributed by atoms with Gasteiger partial charge in [-0.05, 0) is 93.6 Å². The minimum absolute atomic E-state index is 1.28. The fraction of sp³-hybridized carbons (Fsp3) is 0.0625. The number of hydrogen-bond donors (Lipinski definition) is 0. The Morgan fingerprint density at radius 1 is 0.500 bits per heavy atom. The van der Waals surface area contributed by atoms with E-state index < -0.39 is 10.0 Å². The van der Waals surface area contributed by atoms with Gasteiger partial charge in [0.15, 0.2) is 0 Å². The highest BCUT2D eigenvalue weighted by atomic mass is 32.3. The van der Waals surface area contributed by atoms with Gasteiger partial charge in [-0.1, -0.05) is 72.3 Å². The zero-order chi connectivity index (χ0) is 23.1. The van der Waals surface area contributed by atoms with Crippen molar-refractivity contribution in [2.75, 3.05) is 6.26 Å². The van der Waals surface area contributed by atoms with Gasteiger partial charge in [0.25, 0.3) is 0 Å². The van der Waals surface area contributed by atoms with Gasteiger partial charge in [-0.15, -0.1) is 11.3 Å². The summed E-state index contributed by atoms with van der Waals surface area (Å²) >= 11 is 1.89. The average Bonchev–Trinajstić information content (AvgIpc) is 3.26. The molecule has 34 heavy (non-hydrogen) atoms. The lowest BCUT2D eigenvalue weighted by Crippen LogP contribution is -2.01. The van der Waals surface area contributed by atoms with Crippen LogP contribution in [-0.2, 0) is 0 Å². The molecular formula is C32H26S2. The van der Waals surface area contributed by atoms with E-state index in [9.17, 15) is 0 Å². The fourth-order valence-corrected chi connectivity index (χ4v) is 8.85. The van der Waals surface area contributed by atoms with Crippen LogP contribution in [0.2, 0.25) is 0 Å². The smallest absolute Gasteiger partial charge is 0.0361 e. The number of fused-ring (bicyclic) bond motifs is 3. The highest BCUT2D eigenvalue weighted by Gasteiger charge is 2.26. The molecule has 0 atom stereocenters. The summed E-state index contributed by atoms with van der Waals surface area (Å²) < 4.78 is 2.71. The summed E-state index contributed by atoms with van der Waals surface area (Å²) in [5, 5.41) is 2.72. The van der Waals surface area contributed by atoms with Crippen LogP contribution in [0.5, 0.6) is 0 Å². The second kappa shape index (κ2) is 8.47. The lowest BCUT2D eigenvalue weighted by atomic mass is 10.0. The highest BCUT2D eigenvalue weighted by Crippen LogP contribution is 2.65. The van der Waals surface area contributed by atoms with Gasteiger partial charge in [0.1, 0.15) is 0 Å². The Morgan fingerprint density at radius 3 is 1.85 bits per heavy atom. The molecule has 0 saturated heterocycles. The quantitative estimate of drug-likeness (QED) is 0.238. The van der Waals surface area contributed by atoms with Crippen LogP contribution < -0.4 is 0 Å². The van der Waals surface area contributed by atoms with Crippen LogP contribution in [0.3, 0.4) is 0 Å². The van der Waals surface area contributed by atoms with Gasteiger partial charge in [-0.25, -0.2) is 0 Å². The van der Waals surface area contributed by atoms with Gasteiger partial charge >= 0.3 is 0 Å². The van der Waals surface area contributed by atoms with E-state index in [2.05, 4.69) is 135 Å². The van der Waals surface area contributed by atoms with E-state index in [0.717, 1.165) is 0 Å². The maximum Gasteiger partial charge on any atom is 0.0361 e. The van der Waals surface area contributed by atoms with E-state index in [1.807, 2.05) is 11.3 Å². The lowest BCUT2D eigenvalue weighted by Gasteiger charge is -2.37. The summed E-state index contributed by atoms with van der Waals surface area (Å²) in [6.07, 6.45) is 2.42. The topological polar surface area (TPSA) is 0 Å². The number of rotatable bonds is 4. The first-order chi connectivity index (χ1) is 16.6. The molecule has 0 nitrogen and oxygen atoms in total. The van der Waals surface area contributed by atoms with Crippen LogP contribution in [0.15, 0.2) is 136 Å². The van der Waals surface area contributed by atoms with Gasteiger partial charge in [0.2, 0.25) is 0 Å². The number of benzene rings is 5. The Bertz CT molecular complexity index is 1570. The maximum atomic E-state index is 2.42. The molecule has 0 radical (unpaired) electrons. The molecule has 0 bridgehead atoms. The number of hydrogen-bond acceptors (Lipinski definition) is 1. The Labute approximate surface area is 206 Å². The van der Waals surface area contributed by atoms with Crippen molar-refractivity contribution in [2.45, 2.75) is 21.6 Å². The van der Waals surface area contributed by atoms with Crippen LogP contribution in [-0.4, -0.2) is 6.26 Å². The average molecular weight is 475 g/mol. The monoisotopic (exact) mass is 474 g/mol. The van der Waals surface area contributed by atoms with Crippen molar-refractivity contribution in [3.8, 4) is 11.1 Å². The van der Waals surface area contributed by atoms with Crippen LogP contribution in [0, 0.1) is 6.92 Å². The zero-order valence-electron chi connectivity index (χ0n) is 19.4. The van der Waals surface area contributed by atoms with Crippen molar-refractivity contribution in [1.29, 1.82) is 0 Å². The first-order valence-corrected chi connectivity index (χ1v) is 14.4. The molecule has 0 unspecified atom stereocenters. The third kappa shape index (κ3) is 3.55. The molecule has 0 aliphatic carbocycles. The Hall–Kier alpha value is -3.33. The molecule has 6 aromatic rings. The SMILES string of the molecule is Cc1ccc2sc3cc(-c4cccc(S(C)(c5ccccc5)c5ccccc5)c4)ccc3c2c1. The van der Waals surface area contributed by atoms with Gasteiger partial charge in [0.05, 0.1) is 0 Å². The largest absolute Gasteiger partial charge is 0.163 e. The van der Waals surface area contributed by atoms with Gasteiger partial charge in [-0.3, -0.25) is 0 Å². The van der Waals surface area contributed by atoms with E-state index in [1.165, 1.54) is 51.5 Å². The summed E-state index contributed by atoms with van der Waals surface area (Å²) in [5.41, 5.74) is 3.87. The van der Waals surface area contributed by atoms with Crippen LogP contribution >= 0.6 is 21.4 Å². The molecular weight excluding hydrogens is 448 g/mol. The molecule has 1 heterocycles. The summed E-state index contributed by atoms with van der Waals surface area (Å²) in [5.74, 6) is 0. The van der Waals surface area contributed by atoms with Gasteiger partial charge in [-0.2, -0.15) is 10.0 Å². The maximum absolute atomic E-state index is 2.42. The summed E-state index contributed by atoms with van der Waals surface area (Å²) in [6.45, 7) is 2.17. The molecule has 0 aliphatic heterocycles. The highest BCUT2D eigenvalue weighted by molar-refractivity contribution is 8.33. The number of aryl methyl sites for hydroxylation is 1. The minimum atomic E-state index is -1.37. The first-order valence-electron chi connectivity index (χ1n) is 11.5. The molecule has 0 fully saturated rings. The molecule has 0 saturated carbocycles. The van der Waals surface area contributed by atoms with E-state index in [-0.39, 0.29) is 0 Å². The molecule has 166 valence electrons. The molecule has 2 heteroatoms. The predicted molar refractivity (Wildman–Crippen MR) is 151 cm³/mol. The standard InChI is InChI=1S/C32H26S2/c1-23-16-19-31-30(20-23)29-18-17-25(22-32(29)33-31)24-10-9-15-28(21-24)34(2,26-11-5-3-6-12-26)27-13-7-4-8-14-27/h3-22H,1-2H3. The second-order valence-electron chi connectivity index (χ2n) is 8.89. The second-order valence-corrected chi connectivity index (χ2v) is 13.2. The third-order valence-corrected chi connectivity index (χ3v) is 11.5. The van der Waals surface area contributed by atoms with Crippen molar-refractivity contribution in [2.24, 2.45) is 0 Å².